The van der Waals surface area contributed by atoms with Crippen molar-refractivity contribution in [2.45, 2.75) is 25.4 Å². The first-order valence-electron chi connectivity index (χ1n) is 9.86. The van der Waals surface area contributed by atoms with Gasteiger partial charge in [0.25, 0.3) is 5.91 Å². The number of hydrogen-bond donors (Lipinski definition) is 0. The van der Waals surface area contributed by atoms with Crippen LogP contribution in [0, 0.1) is 5.92 Å². The van der Waals surface area contributed by atoms with Crippen molar-refractivity contribution in [2.75, 3.05) is 20.1 Å². The molecule has 0 spiro atoms. The number of nitrogens with zero attached hydrogens (tertiary/aromatic N) is 6. The highest BCUT2D eigenvalue weighted by atomic mass is 16.2. The molecular weight excluding hydrogens is 368 g/mol. The van der Waals surface area contributed by atoms with Crippen molar-refractivity contribution >= 4 is 23.0 Å². The summed E-state index contributed by atoms with van der Waals surface area (Å²) in [6, 6.07) is 7.71. The van der Waals surface area contributed by atoms with Gasteiger partial charge in [-0.15, -0.1) is 0 Å². The number of carbonyl (C=O) groups excluding carboxylic acids is 2. The first kappa shape index (κ1) is 17.8. The van der Waals surface area contributed by atoms with Crippen LogP contribution in [0.5, 0.6) is 0 Å². The Morgan fingerprint density at radius 2 is 2.14 bits per heavy atom. The van der Waals surface area contributed by atoms with E-state index in [0.29, 0.717) is 43.1 Å². The third kappa shape index (κ3) is 3.14. The second-order valence-electron chi connectivity index (χ2n) is 7.84. The standard InChI is InChI=1S/C21H22N6O2/c1-25-18-12-26(7-5-14(18)9-19(25)28)21(29)15-8-17-20(23-10-15)27(13-24-17)11-16-4-2-3-6-22-16/h2-4,6,8,10,13-14,18H,5,7,9,11-12H2,1H3/t14-,18-/m1/s1. The summed E-state index contributed by atoms with van der Waals surface area (Å²) in [6.45, 7) is 1.83. The largest absolute Gasteiger partial charge is 0.341 e. The quantitative estimate of drug-likeness (QED) is 0.678. The van der Waals surface area contributed by atoms with Crippen LogP contribution in [0.15, 0.2) is 43.0 Å². The number of fused-ring (bicyclic) bond motifs is 2. The van der Waals surface area contributed by atoms with Crippen LogP contribution in [0.3, 0.4) is 0 Å². The molecule has 0 aromatic carbocycles. The molecule has 0 bridgehead atoms. The fourth-order valence-electron chi connectivity index (χ4n) is 4.42. The Bertz CT molecular complexity index is 1080. The van der Waals surface area contributed by atoms with E-state index < -0.39 is 0 Å². The van der Waals surface area contributed by atoms with Crippen molar-refractivity contribution < 1.29 is 9.59 Å². The lowest BCUT2D eigenvalue weighted by atomic mass is 9.92. The predicted octanol–water partition coefficient (Wildman–Crippen LogP) is 1.57. The van der Waals surface area contributed by atoms with E-state index >= 15 is 0 Å². The van der Waals surface area contributed by atoms with Crippen molar-refractivity contribution in [2.24, 2.45) is 5.92 Å². The van der Waals surface area contributed by atoms with E-state index in [-0.39, 0.29) is 17.9 Å². The molecule has 8 heteroatoms. The van der Waals surface area contributed by atoms with Gasteiger partial charge >= 0.3 is 0 Å². The molecule has 5 heterocycles. The average Bonchev–Trinajstić information content (AvgIpc) is 3.28. The molecular formula is C21H22N6O2. The van der Waals surface area contributed by atoms with Gasteiger partial charge in [0.1, 0.15) is 5.52 Å². The zero-order chi connectivity index (χ0) is 20.0. The van der Waals surface area contributed by atoms with E-state index in [1.54, 1.807) is 29.7 Å². The van der Waals surface area contributed by atoms with Crippen molar-refractivity contribution in [3.63, 3.8) is 0 Å². The molecule has 3 aromatic rings. The Morgan fingerprint density at radius 1 is 1.24 bits per heavy atom. The van der Waals surface area contributed by atoms with Gasteiger partial charge in [-0.1, -0.05) is 6.07 Å². The van der Waals surface area contributed by atoms with E-state index in [2.05, 4.69) is 15.0 Å². The Balaban J connectivity index is 1.35. The maximum atomic E-state index is 13.1. The average molecular weight is 390 g/mol. The first-order chi connectivity index (χ1) is 14.1. The molecule has 0 aliphatic carbocycles. The summed E-state index contributed by atoms with van der Waals surface area (Å²) >= 11 is 0. The Kier molecular flexibility index (Phi) is 4.26. The molecule has 0 unspecified atom stereocenters. The van der Waals surface area contributed by atoms with Crippen molar-refractivity contribution in [3.05, 3.63) is 54.2 Å². The van der Waals surface area contributed by atoms with E-state index in [9.17, 15) is 9.59 Å². The van der Waals surface area contributed by atoms with Gasteiger partial charge in [0.05, 0.1) is 30.2 Å². The normalized spacial score (nSPS) is 21.6. The lowest BCUT2D eigenvalue weighted by molar-refractivity contribution is -0.127. The summed E-state index contributed by atoms with van der Waals surface area (Å²) in [6.07, 6.45) is 6.57. The molecule has 8 nitrogen and oxygen atoms in total. The third-order valence-corrected chi connectivity index (χ3v) is 6.10. The number of likely N-dealkylation sites (N-methyl/N-ethyl adjacent to an activating group) is 1. The van der Waals surface area contributed by atoms with Gasteiger partial charge in [-0.2, -0.15) is 0 Å². The van der Waals surface area contributed by atoms with Crippen LogP contribution in [0.2, 0.25) is 0 Å². The number of piperidine rings is 1. The zero-order valence-corrected chi connectivity index (χ0v) is 16.2. The Hall–Kier alpha value is -3.29. The van der Waals surface area contributed by atoms with Gasteiger partial charge in [0.15, 0.2) is 5.65 Å². The predicted molar refractivity (Wildman–Crippen MR) is 106 cm³/mol. The molecule has 0 N–H and O–H groups in total. The molecule has 29 heavy (non-hydrogen) atoms. The van der Waals surface area contributed by atoms with Gasteiger partial charge in [-0.25, -0.2) is 9.97 Å². The highest BCUT2D eigenvalue weighted by Gasteiger charge is 2.42. The van der Waals surface area contributed by atoms with Gasteiger partial charge in [0.2, 0.25) is 5.91 Å². The monoisotopic (exact) mass is 390 g/mol. The van der Waals surface area contributed by atoms with Crippen LogP contribution in [-0.4, -0.2) is 67.3 Å². The van der Waals surface area contributed by atoms with Crippen molar-refractivity contribution in [3.8, 4) is 0 Å². The second-order valence-corrected chi connectivity index (χ2v) is 7.84. The number of aromatic nitrogens is 4. The second kappa shape index (κ2) is 6.95. The number of imidazole rings is 1. The molecule has 2 amide bonds. The topological polar surface area (TPSA) is 84.2 Å². The third-order valence-electron chi connectivity index (χ3n) is 6.10. The van der Waals surface area contributed by atoms with Crippen molar-refractivity contribution in [1.29, 1.82) is 0 Å². The number of likely N-dealkylation sites (tertiary alicyclic amines) is 2. The summed E-state index contributed by atoms with van der Waals surface area (Å²) < 4.78 is 1.93. The molecule has 2 atom stereocenters. The van der Waals surface area contributed by atoms with Crippen LogP contribution >= 0.6 is 0 Å². The molecule has 2 saturated heterocycles. The summed E-state index contributed by atoms with van der Waals surface area (Å²) in [4.78, 5) is 41.9. The molecule has 0 saturated carbocycles. The molecule has 2 fully saturated rings. The van der Waals surface area contributed by atoms with Crippen LogP contribution in [0.1, 0.15) is 28.9 Å². The summed E-state index contributed by atoms with van der Waals surface area (Å²) in [7, 11) is 1.84. The maximum absolute atomic E-state index is 13.1. The summed E-state index contributed by atoms with van der Waals surface area (Å²) in [5.41, 5.74) is 2.87. The number of carbonyl (C=O) groups is 2. The van der Waals surface area contributed by atoms with Gasteiger partial charge in [-0.3, -0.25) is 14.6 Å². The highest BCUT2D eigenvalue weighted by molar-refractivity contribution is 5.96. The highest BCUT2D eigenvalue weighted by Crippen LogP contribution is 2.32. The van der Waals surface area contributed by atoms with E-state index in [1.807, 2.05) is 34.7 Å². The summed E-state index contributed by atoms with van der Waals surface area (Å²) in [5.74, 6) is 0.486. The number of amides is 2. The SMILES string of the molecule is CN1C(=O)C[C@H]2CCN(C(=O)c3cnc4c(c3)ncn4Cc3ccccn3)C[C@H]21. The number of hydrogen-bond acceptors (Lipinski definition) is 5. The zero-order valence-electron chi connectivity index (χ0n) is 16.2. The van der Waals surface area contributed by atoms with Gasteiger partial charge in [0, 0.05) is 39.0 Å². The fourth-order valence-corrected chi connectivity index (χ4v) is 4.42. The molecule has 2 aliphatic rings. The minimum absolute atomic E-state index is 0.0510. The van der Waals surface area contributed by atoms with Gasteiger partial charge in [-0.05, 0) is 30.5 Å². The minimum Gasteiger partial charge on any atom is -0.341 e. The van der Waals surface area contributed by atoms with Crippen molar-refractivity contribution in [1.82, 2.24) is 29.3 Å². The number of rotatable bonds is 3. The lowest BCUT2D eigenvalue weighted by Gasteiger charge is -2.37. The molecule has 3 aromatic heterocycles. The molecule has 5 rings (SSSR count). The Labute approximate surface area is 168 Å². The van der Waals surface area contributed by atoms with Crippen LogP contribution < -0.4 is 0 Å². The van der Waals surface area contributed by atoms with Crippen LogP contribution in [-0.2, 0) is 11.3 Å². The first-order valence-corrected chi connectivity index (χ1v) is 9.86. The van der Waals surface area contributed by atoms with Crippen LogP contribution in [0.25, 0.3) is 11.2 Å². The molecule has 2 aliphatic heterocycles. The van der Waals surface area contributed by atoms with E-state index in [1.165, 1.54) is 0 Å². The number of pyridine rings is 2. The van der Waals surface area contributed by atoms with E-state index in [0.717, 1.165) is 17.8 Å². The minimum atomic E-state index is -0.0510. The summed E-state index contributed by atoms with van der Waals surface area (Å²) in [5, 5.41) is 0. The smallest absolute Gasteiger partial charge is 0.255 e. The van der Waals surface area contributed by atoms with Gasteiger partial charge < -0.3 is 14.4 Å². The fraction of sp³-hybridized carbons (Fsp3) is 0.381. The Morgan fingerprint density at radius 3 is 2.97 bits per heavy atom. The lowest BCUT2D eigenvalue weighted by Crippen LogP contribution is -2.49. The molecule has 0 radical (unpaired) electrons. The van der Waals surface area contributed by atoms with Crippen LogP contribution in [0.4, 0.5) is 0 Å². The molecule has 148 valence electrons. The maximum Gasteiger partial charge on any atom is 0.255 e. The van der Waals surface area contributed by atoms with E-state index in [4.69, 9.17) is 0 Å².